The van der Waals surface area contributed by atoms with E-state index in [1.165, 1.54) is 17.9 Å². The van der Waals surface area contributed by atoms with Crippen LogP contribution in [0.3, 0.4) is 0 Å². The highest BCUT2D eigenvalue weighted by molar-refractivity contribution is 7.51. The van der Waals surface area contributed by atoms with Crippen LogP contribution in [0.2, 0.25) is 0 Å². The molecule has 1 unspecified atom stereocenters. The lowest BCUT2D eigenvalue weighted by molar-refractivity contribution is -0.147. The molecule has 0 aliphatic carbocycles. The van der Waals surface area contributed by atoms with Crippen molar-refractivity contribution in [3.8, 4) is 0 Å². The molecule has 0 bridgehead atoms. The Morgan fingerprint density at radius 1 is 1.55 bits per heavy atom. The minimum Gasteiger partial charge on any atom is -0.468 e. The van der Waals surface area contributed by atoms with E-state index in [1.807, 2.05) is 13.8 Å². The van der Waals surface area contributed by atoms with Crippen LogP contribution in [-0.4, -0.2) is 43.5 Å². The van der Waals surface area contributed by atoms with Crippen molar-refractivity contribution in [1.29, 1.82) is 0 Å². The minimum atomic E-state index is -3.56. The van der Waals surface area contributed by atoms with Gasteiger partial charge in [0.1, 0.15) is 6.04 Å². The molecular weight excluding hydrogens is 281 g/mol. The van der Waals surface area contributed by atoms with Crippen molar-refractivity contribution in [3.05, 3.63) is 24.8 Å². The molecule has 1 aliphatic heterocycles. The van der Waals surface area contributed by atoms with E-state index in [2.05, 4.69) is 6.58 Å². The molecule has 0 saturated heterocycles. The van der Waals surface area contributed by atoms with Gasteiger partial charge >= 0.3 is 13.7 Å². The Morgan fingerprint density at radius 2 is 2.25 bits per heavy atom. The lowest BCUT2D eigenvalue weighted by Gasteiger charge is -2.34. The molecule has 0 aromatic rings. The average Bonchev–Trinajstić information content (AvgIpc) is 2.59. The Labute approximate surface area is 120 Å². The van der Waals surface area contributed by atoms with Crippen LogP contribution < -0.4 is 0 Å². The fourth-order valence-corrected chi connectivity index (χ4v) is 3.84. The highest BCUT2D eigenvalue weighted by Gasteiger charge is 2.43. The highest BCUT2D eigenvalue weighted by atomic mass is 31.2. The molecule has 1 rings (SSSR count). The zero-order valence-electron chi connectivity index (χ0n) is 12.2. The predicted octanol–water partition coefficient (Wildman–Crippen LogP) is 2.38. The van der Waals surface area contributed by atoms with Gasteiger partial charge < -0.3 is 4.74 Å². The van der Waals surface area contributed by atoms with Crippen molar-refractivity contribution in [3.63, 3.8) is 0 Å². The minimum absolute atomic E-state index is 0.0831. The molecule has 0 amide bonds. The molecule has 0 N–H and O–H groups in total. The van der Waals surface area contributed by atoms with Gasteiger partial charge in [0.15, 0.2) is 0 Å². The maximum atomic E-state index is 12.9. The lowest BCUT2D eigenvalue weighted by atomic mass is 10.0. The summed E-state index contributed by atoms with van der Waals surface area (Å²) in [6.07, 6.45) is 5.04. The summed E-state index contributed by atoms with van der Waals surface area (Å²) in [7, 11) is -2.25. The second-order valence-electron chi connectivity index (χ2n) is 4.65. The molecule has 1 heterocycles. The van der Waals surface area contributed by atoms with Gasteiger partial charge in [-0.1, -0.05) is 32.1 Å². The molecule has 1 aliphatic rings. The zero-order chi connectivity index (χ0) is 15.2. The first-order valence-electron chi connectivity index (χ1n) is 6.46. The van der Waals surface area contributed by atoms with Crippen LogP contribution in [0.1, 0.15) is 13.8 Å². The largest absolute Gasteiger partial charge is 0.468 e. The van der Waals surface area contributed by atoms with Crippen molar-refractivity contribution < 1.29 is 23.1 Å². The van der Waals surface area contributed by atoms with Crippen LogP contribution >= 0.6 is 7.75 Å². The summed E-state index contributed by atoms with van der Waals surface area (Å²) < 4.78 is 29.8. The summed E-state index contributed by atoms with van der Waals surface area (Å²) in [5.74, 6) is -0.556. The summed E-state index contributed by atoms with van der Waals surface area (Å²) in [4.78, 5) is 12.0. The van der Waals surface area contributed by atoms with Crippen LogP contribution in [0.15, 0.2) is 24.8 Å². The third-order valence-corrected chi connectivity index (χ3v) is 4.85. The topological polar surface area (TPSA) is 65.1 Å². The number of hydrogen-bond donors (Lipinski definition) is 0. The fourth-order valence-electron chi connectivity index (χ4n) is 1.94. The lowest BCUT2D eigenvalue weighted by Crippen LogP contribution is -2.44. The average molecular weight is 303 g/mol. The quantitative estimate of drug-likeness (QED) is 0.426. The predicted molar refractivity (Wildman–Crippen MR) is 76.2 cm³/mol. The number of methoxy groups -OCH3 is 1. The van der Waals surface area contributed by atoms with E-state index >= 15 is 0 Å². The number of hydrogen-bond acceptors (Lipinski definition) is 5. The van der Waals surface area contributed by atoms with Crippen LogP contribution in [-0.2, 0) is 23.1 Å². The van der Waals surface area contributed by atoms with Gasteiger partial charge in [-0.3, -0.25) is 13.8 Å². The first kappa shape index (κ1) is 17.1. The van der Waals surface area contributed by atoms with Gasteiger partial charge in [0.05, 0.1) is 20.3 Å². The van der Waals surface area contributed by atoms with Crippen molar-refractivity contribution in [1.82, 2.24) is 4.67 Å². The Balaban J connectivity index is 3.09. The monoisotopic (exact) mass is 303 g/mol. The Kier molecular flexibility index (Phi) is 6.62. The molecule has 0 spiro atoms. The van der Waals surface area contributed by atoms with Gasteiger partial charge in [-0.15, -0.1) is 6.58 Å². The van der Waals surface area contributed by atoms with Crippen LogP contribution in [0.5, 0.6) is 0 Å². The first-order chi connectivity index (χ1) is 9.46. The number of carbonyl (C=O) groups is 1. The van der Waals surface area contributed by atoms with Crippen LogP contribution in [0, 0.1) is 5.92 Å². The molecule has 114 valence electrons. The molecule has 6 nitrogen and oxygen atoms in total. The van der Waals surface area contributed by atoms with Crippen molar-refractivity contribution in [2.24, 2.45) is 5.92 Å². The molecule has 0 radical (unpaired) electrons. The maximum Gasteiger partial charge on any atom is 0.409 e. The molecule has 7 heteroatoms. The summed E-state index contributed by atoms with van der Waals surface area (Å²) in [5, 5.41) is 0. The standard InChI is InChI=1S/C13H22NO5P/c1-5-9-18-20(16)14(8-6-7-10-19-20)12(11(2)3)13(15)17-4/h5-7,11-12H,1,8-10H2,2-4H3/t12-,20?/m0/s1. The Bertz CT molecular complexity index is 421. The summed E-state index contributed by atoms with van der Waals surface area (Å²) in [6, 6.07) is -0.696. The second-order valence-corrected chi connectivity index (χ2v) is 6.62. The number of esters is 1. The van der Waals surface area contributed by atoms with Crippen molar-refractivity contribution in [2.75, 3.05) is 26.9 Å². The van der Waals surface area contributed by atoms with E-state index in [1.54, 1.807) is 12.2 Å². The van der Waals surface area contributed by atoms with Crippen molar-refractivity contribution in [2.45, 2.75) is 19.9 Å². The van der Waals surface area contributed by atoms with E-state index in [0.717, 1.165) is 0 Å². The zero-order valence-corrected chi connectivity index (χ0v) is 13.0. The van der Waals surface area contributed by atoms with Gasteiger partial charge in [-0.2, -0.15) is 4.67 Å². The van der Waals surface area contributed by atoms with Gasteiger partial charge in [-0.25, -0.2) is 4.57 Å². The molecule has 0 aromatic heterocycles. The fraction of sp³-hybridized carbons (Fsp3) is 0.615. The summed E-state index contributed by atoms with van der Waals surface area (Å²) >= 11 is 0. The molecule has 2 atom stereocenters. The Morgan fingerprint density at radius 3 is 2.80 bits per heavy atom. The van der Waals surface area contributed by atoms with E-state index in [9.17, 15) is 9.36 Å². The molecule has 0 aromatic carbocycles. The molecule has 0 fully saturated rings. The number of carbonyl (C=O) groups excluding carboxylic acids is 1. The second kappa shape index (κ2) is 7.74. The van der Waals surface area contributed by atoms with E-state index < -0.39 is 19.8 Å². The molecule has 20 heavy (non-hydrogen) atoms. The molecular formula is C13H22NO5P. The SMILES string of the molecule is C=CCOP1(=O)OCC=CCN1[C@H](C(=O)OC)C(C)C. The van der Waals surface area contributed by atoms with Gasteiger partial charge in [0.2, 0.25) is 0 Å². The van der Waals surface area contributed by atoms with Gasteiger partial charge in [0.25, 0.3) is 0 Å². The number of ether oxygens (including phenoxy) is 1. The number of nitrogens with zero attached hydrogens (tertiary/aromatic N) is 1. The molecule has 0 saturated carbocycles. The van der Waals surface area contributed by atoms with E-state index in [-0.39, 0.29) is 19.1 Å². The third-order valence-electron chi connectivity index (χ3n) is 2.86. The van der Waals surface area contributed by atoms with E-state index in [4.69, 9.17) is 13.8 Å². The smallest absolute Gasteiger partial charge is 0.409 e. The summed E-state index contributed by atoms with van der Waals surface area (Å²) in [6.45, 7) is 7.80. The van der Waals surface area contributed by atoms with Gasteiger partial charge in [-0.05, 0) is 5.92 Å². The highest BCUT2D eigenvalue weighted by Crippen LogP contribution is 2.54. The first-order valence-corrected chi connectivity index (χ1v) is 7.95. The van der Waals surface area contributed by atoms with Crippen LogP contribution in [0.25, 0.3) is 0 Å². The summed E-state index contributed by atoms with van der Waals surface area (Å²) in [5.41, 5.74) is 0. The van der Waals surface area contributed by atoms with Crippen LogP contribution in [0.4, 0.5) is 0 Å². The van der Waals surface area contributed by atoms with Gasteiger partial charge in [0, 0.05) is 6.54 Å². The van der Waals surface area contributed by atoms with Crippen molar-refractivity contribution >= 4 is 13.7 Å². The Hall–Kier alpha value is -0.940. The normalized spacial score (nSPS) is 25.2. The third kappa shape index (κ3) is 4.03. The maximum absolute atomic E-state index is 12.9. The number of rotatable bonds is 6. The van der Waals surface area contributed by atoms with E-state index in [0.29, 0.717) is 6.54 Å².